The van der Waals surface area contributed by atoms with Crippen LogP contribution >= 0.6 is 0 Å². The zero-order chi connectivity index (χ0) is 18.2. The van der Waals surface area contributed by atoms with E-state index in [4.69, 9.17) is 10.1 Å². The zero-order valence-electron chi connectivity index (χ0n) is 16.1. The Morgan fingerprint density at radius 1 is 1.16 bits per heavy atom. The highest BCUT2D eigenvalue weighted by Crippen LogP contribution is 2.09. The number of hydrogen-bond donors (Lipinski definition) is 1. The van der Waals surface area contributed by atoms with Crippen molar-refractivity contribution in [3.05, 3.63) is 54.1 Å². The molecule has 2 N–H and O–H groups in total. The van der Waals surface area contributed by atoms with Gasteiger partial charge >= 0.3 is 0 Å². The highest BCUT2D eigenvalue weighted by Gasteiger charge is 2.02. The molecule has 0 aliphatic heterocycles. The third kappa shape index (κ3) is 10.5. The van der Waals surface area contributed by atoms with Crippen molar-refractivity contribution in [2.75, 3.05) is 6.61 Å². The average Bonchev–Trinajstić information content (AvgIpc) is 2.64. The zero-order valence-corrected chi connectivity index (χ0v) is 16.1. The Morgan fingerprint density at radius 2 is 2.00 bits per heavy atom. The van der Waals surface area contributed by atoms with Crippen LogP contribution in [0.15, 0.2) is 48.5 Å². The Bertz CT molecular complexity index is 535. The molecule has 1 rings (SSSR count). The maximum absolute atomic E-state index is 5.73. The van der Waals surface area contributed by atoms with Gasteiger partial charge in [-0.1, -0.05) is 32.8 Å². The SMILES string of the molecule is CCCCC(/C=C\C=[NH2+])=C/OCCCC[n+]1cccc(CCCC)c1. The predicted octanol–water partition coefficient (Wildman–Crippen LogP) is 3.57. The second kappa shape index (κ2) is 14.4. The monoisotopic (exact) mass is 344 g/mol. The average molecular weight is 345 g/mol. The summed E-state index contributed by atoms with van der Waals surface area (Å²) in [5.74, 6) is 0. The first-order valence-corrected chi connectivity index (χ1v) is 9.80. The van der Waals surface area contributed by atoms with Gasteiger partial charge in [0.15, 0.2) is 18.6 Å². The van der Waals surface area contributed by atoms with Gasteiger partial charge in [-0.25, -0.2) is 4.57 Å². The number of rotatable bonds is 14. The number of unbranched alkanes of at least 4 members (excludes halogenated alkanes) is 3. The molecule has 3 nitrogen and oxygen atoms in total. The van der Waals surface area contributed by atoms with E-state index in [0.29, 0.717) is 0 Å². The minimum absolute atomic E-state index is 0.770. The molecule has 0 saturated carbocycles. The van der Waals surface area contributed by atoms with E-state index in [0.717, 1.165) is 32.4 Å². The van der Waals surface area contributed by atoms with Crippen LogP contribution in [-0.2, 0) is 17.7 Å². The van der Waals surface area contributed by atoms with Gasteiger partial charge in [0.25, 0.3) is 0 Å². The van der Waals surface area contributed by atoms with Gasteiger partial charge in [-0.05, 0) is 43.7 Å². The number of aromatic nitrogens is 1. The normalized spacial score (nSPS) is 11.8. The van der Waals surface area contributed by atoms with E-state index < -0.39 is 0 Å². The summed E-state index contributed by atoms with van der Waals surface area (Å²) < 4.78 is 8.03. The molecule has 0 aliphatic rings. The van der Waals surface area contributed by atoms with Crippen molar-refractivity contribution in [2.24, 2.45) is 0 Å². The van der Waals surface area contributed by atoms with Crippen molar-refractivity contribution in [3.8, 4) is 0 Å². The molecule has 0 saturated heterocycles. The van der Waals surface area contributed by atoms with Gasteiger partial charge in [-0.3, -0.25) is 5.41 Å². The molecule has 0 unspecified atom stereocenters. The summed E-state index contributed by atoms with van der Waals surface area (Å²) in [6.07, 6.45) is 21.1. The van der Waals surface area contributed by atoms with Gasteiger partial charge in [0.2, 0.25) is 0 Å². The number of allylic oxidation sites excluding steroid dienone is 3. The van der Waals surface area contributed by atoms with Crippen molar-refractivity contribution < 1.29 is 14.7 Å². The molecule has 3 heteroatoms. The number of nitrogens with two attached hydrogens (primary N) is 1. The standard InChI is InChI=1S/C22H35N2O/c1-3-5-11-21-14-10-17-24(19-21)16-7-8-18-25-20-22(12-6-4-2)13-9-15-23/h9-10,13-15,17,19-20,23H,3-8,11-12,16,18H2,1-2H3/q+1/p+1/b13-9-,22-20-,23-15?. The number of pyridine rings is 1. The molecule has 0 spiro atoms. The summed E-state index contributed by atoms with van der Waals surface area (Å²) in [4.78, 5) is 0. The molecule has 0 aromatic carbocycles. The molecular weight excluding hydrogens is 308 g/mol. The maximum Gasteiger partial charge on any atom is 0.171 e. The van der Waals surface area contributed by atoms with Crippen molar-refractivity contribution >= 4 is 6.21 Å². The molecule has 0 amide bonds. The van der Waals surface area contributed by atoms with Crippen molar-refractivity contribution in [1.29, 1.82) is 0 Å². The van der Waals surface area contributed by atoms with E-state index in [1.165, 1.54) is 43.2 Å². The quantitative estimate of drug-likeness (QED) is 0.181. The number of aryl methyl sites for hydroxylation is 2. The molecule has 0 aliphatic carbocycles. The van der Waals surface area contributed by atoms with Crippen LogP contribution in [0, 0.1) is 0 Å². The highest BCUT2D eigenvalue weighted by atomic mass is 16.5. The Hall–Kier alpha value is -1.90. The second-order valence-corrected chi connectivity index (χ2v) is 6.48. The molecule has 1 aromatic rings. The van der Waals surface area contributed by atoms with E-state index in [-0.39, 0.29) is 0 Å². The molecule has 0 radical (unpaired) electrons. The van der Waals surface area contributed by atoms with Gasteiger partial charge in [0.05, 0.1) is 12.9 Å². The van der Waals surface area contributed by atoms with Crippen LogP contribution in [0.1, 0.15) is 64.4 Å². The van der Waals surface area contributed by atoms with Crippen LogP contribution in [0.25, 0.3) is 0 Å². The smallest absolute Gasteiger partial charge is 0.171 e. The number of nitrogens with zero attached hydrogens (tertiary/aromatic N) is 1. The Morgan fingerprint density at radius 3 is 2.76 bits per heavy atom. The summed E-state index contributed by atoms with van der Waals surface area (Å²) in [5, 5.41) is 5.41. The molecule has 1 aromatic heterocycles. The summed E-state index contributed by atoms with van der Waals surface area (Å²) >= 11 is 0. The summed E-state index contributed by atoms with van der Waals surface area (Å²) in [6, 6.07) is 4.38. The van der Waals surface area contributed by atoms with Crippen molar-refractivity contribution in [2.45, 2.75) is 71.8 Å². The van der Waals surface area contributed by atoms with Gasteiger partial charge in [-0.15, -0.1) is 0 Å². The summed E-state index contributed by atoms with van der Waals surface area (Å²) in [5.41, 5.74) is 2.65. The van der Waals surface area contributed by atoms with Crippen LogP contribution < -0.4 is 9.98 Å². The summed E-state index contributed by atoms with van der Waals surface area (Å²) in [6.45, 7) is 6.26. The minimum atomic E-state index is 0.770. The third-order valence-electron chi connectivity index (χ3n) is 4.14. The van der Waals surface area contributed by atoms with Crippen molar-refractivity contribution in [1.82, 2.24) is 0 Å². The molecule has 0 fully saturated rings. The van der Waals surface area contributed by atoms with E-state index in [9.17, 15) is 0 Å². The number of ether oxygens (including phenoxy) is 1. The van der Waals surface area contributed by atoms with E-state index >= 15 is 0 Å². The Labute approximate surface area is 153 Å². The van der Waals surface area contributed by atoms with E-state index in [1.54, 1.807) is 6.21 Å². The molecule has 138 valence electrons. The van der Waals surface area contributed by atoms with Crippen LogP contribution in [0.5, 0.6) is 0 Å². The molecule has 25 heavy (non-hydrogen) atoms. The predicted molar refractivity (Wildman–Crippen MR) is 105 cm³/mol. The maximum atomic E-state index is 5.73. The molecular formula is C22H36N2O+2. The lowest BCUT2D eigenvalue weighted by molar-refractivity contribution is -0.697. The first kappa shape index (κ1) is 21.1. The molecule has 0 atom stereocenters. The van der Waals surface area contributed by atoms with Gasteiger partial charge < -0.3 is 4.74 Å². The topological polar surface area (TPSA) is 38.7 Å². The summed E-state index contributed by atoms with van der Waals surface area (Å²) in [7, 11) is 0. The van der Waals surface area contributed by atoms with Crippen LogP contribution in [0.4, 0.5) is 0 Å². The van der Waals surface area contributed by atoms with Crippen LogP contribution in [0.3, 0.4) is 0 Å². The van der Waals surface area contributed by atoms with Gasteiger partial charge in [-0.2, -0.15) is 0 Å². The lowest BCUT2D eigenvalue weighted by atomic mass is 10.1. The fraction of sp³-hybridized carbons (Fsp3) is 0.545. The first-order chi connectivity index (χ1) is 12.3. The van der Waals surface area contributed by atoms with Crippen LogP contribution in [-0.4, -0.2) is 12.8 Å². The second-order valence-electron chi connectivity index (χ2n) is 6.48. The molecule has 1 heterocycles. The van der Waals surface area contributed by atoms with Crippen LogP contribution in [0.2, 0.25) is 0 Å². The third-order valence-corrected chi connectivity index (χ3v) is 4.14. The van der Waals surface area contributed by atoms with E-state index in [1.807, 2.05) is 18.4 Å². The first-order valence-electron chi connectivity index (χ1n) is 9.80. The Balaban J connectivity index is 2.29. The lowest BCUT2D eigenvalue weighted by Crippen LogP contribution is -2.33. The lowest BCUT2D eigenvalue weighted by Gasteiger charge is -2.04. The van der Waals surface area contributed by atoms with E-state index in [2.05, 4.69) is 42.9 Å². The Kier molecular flexibility index (Phi) is 12.2. The van der Waals surface area contributed by atoms with Crippen molar-refractivity contribution in [3.63, 3.8) is 0 Å². The largest absolute Gasteiger partial charge is 0.501 e. The number of hydrogen-bond acceptors (Lipinski definition) is 1. The van der Waals surface area contributed by atoms with Gasteiger partial charge in [0, 0.05) is 24.1 Å². The minimum Gasteiger partial charge on any atom is -0.501 e. The highest BCUT2D eigenvalue weighted by molar-refractivity contribution is 5.65. The fourth-order valence-electron chi connectivity index (χ4n) is 2.63. The molecule has 0 bridgehead atoms. The fourth-order valence-corrected chi connectivity index (χ4v) is 2.63. The van der Waals surface area contributed by atoms with Gasteiger partial charge in [0.1, 0.15) is 6.54 Å².